The third-order valence-electron chi connectivity index (χ3n) is 9.51. The Morgan fingerprint density at radius 1 is 0.552 bits per heavy atom. The first-order chi connectivity index (χ1) is 28.3. The van der Waals surface area contributed by atoms with E-state index in [9.17, 15) is 30.0 Å². The molecule has 0 aromatic rings. The molecule has 0 spiro atoms. The molecule has 0 aromatic heterocycles. The molecule has 6 atom stereocenters. The van der Waals surface area contributed by atoms with Crippen LogP contribution in [0.4, 0.5) is 0 Å². The summed E-state index contributed by atoms with van der Waals surface area (Å²) in [5.74, 6) is -0.870. The lowest BCUT2D eigenvalue weighted by Crippen LogP contribution is -2.59. The topological polar surface area (TPSA) is 152 Å². The lowest BCUT2D eigenvalue weighted by atomic mass is 9.99. The summed E-state index contributed by atoms with van der Waals surface area (Å²) in [6.45, 7) is 3.20. The van der Waals surface area contributed by atoms with Gasteiger partial charge in [-0.25, -0.2) is 0 Å². The predicted octanol–water partition coefficient (Wildman–Crippen LogP) is 9.38. The highest BCUT2D eigenvalue weighted by Crippen LogP contribution is 2.22. The van der Waals surface area contributed by atoms with Crippen LogP contribution in [0.2, 0.25) is 0 Å². The minimum absolute atomic E-state index is 0.201. The maximum Gasteiger partial charge on any atom is 0.306 e. The van der Waals surface area contributed by atoms with Gasteiger partial charge >= 0.3 is 11.9 Å². The van der Waals surface area contributed by atoms with Gasteiger partial charge in [0.1, 0.15) is 31.0 Å². The van der Waals surface area contributed by atoms with Gasteiger partial charge in [0.25, 0.3) is 0 Å². The lowest BCUT2D eigenvalue weighted by Gasteiger charge is -2.39. The van der Waals surface area contributed by atoms with E-state index in [4.69, 9.17) is 18.9 Å². The average Bonchev–Trinajstić information content (AvgIpc) is 3.22. The van der Waals surface area contributed by atoms with Gasteiger partial charge in [0.05, 0.1) is 13.2 Å². The van der Waals surface area contributed by atoms with Crippen molar-refractivity contribution >= 4 is 11.9 Å². The van der Waals surface area contributed by atoms with Crippen molar-refractivity contribution < 1.29 is 49.0 Å². The first-order valence-electron chi connectivity index (χ1n) is 22.2. The zero-order valence-corrected chi connectivity index (χ0v) is 35.8. The molecule has 0 saturated carbocycles. The molecule has 0 aromatic carbocycles. The second-order valence-electron chi connectivity index (χ2n) is 14.8. The minimum Gasteiger partial charge on any atom is -0.462 e. The van der Waals surface area contributed by atoms with Crippen molar-refractivity contribution in [2.75, 3.05) is 19.8 Å². The molecule has 1 aliphatic heterocycles. The number of unbranched alkanes of at least 4 members (excludes halogenated alkanes) is 10. The number of rotatable bonds is 35. The Morgan fingerprint density at radius 2 is 1.02 bits per heavy atom. The van der Waals surface area contributed by atoms with Gasteiger partial charge in [-0.1, -0.05) is 137 Å². The number of carbonyl (C=O) groups excluding carboxylic acids is 2. The third kappa shape index (κ3) is 29.1. The van der Waals surface area contributed by atoms with E-state index in [1.54, 1.807) is 0 Å². The number of ether oxygens (including phenoxy) is 4. The first-order valence-corrected chi connectivity index (χ1v) is 22.2. The van der Waals surface area contributed by atoms with Crippen molar-refractivity contribution in [3.05, 3.63) is 85.1 Å². The highest BCUT2D eigenvalue weighted by molar-refractivity contribution is 5.70. The summed E-state index contributed by atoms with van der Waals surface area (Å²) >= 11 is 0. The van der Waals surface area contributed by atoms with Crippen LogP contribution in [-0.4, -0.2) is 89.0 Å². The molecule has 0 amide bonds. The van der Waals surface area contributed by atoms with Crippen molar-refractivity contribution in [1.82, 2.24) is 0 Å². The van der Waals surface area contributed by atoms with Crippen molar-refractivity contribution in [2.45, 2.75) is 185 Å². The Kier molecular flexibility index (Phi) is 34.8. The van der Waals surface area contributed by atoms with E-state index in [2.05, 4.69) is 98.9 Å². The highest BCUT2D eigenvalue weighted by atomic mass is 16.7. The van der Waals surface area contributed by atoms with Gasteiger partial charge in [-0.2, -0.15) is 0 Å². The maximum atomic E-state index is 12.8. The third-order valence-corrected chi connectivity index (χ3v) is 9.51. The quantitative estimate of drug-likeness (QED) is 0.0277. The molecule has 4 N–H and O–H groups in total. The first kappa shape index (κ1) is 52.9. The van der Waals surface area contributed by atoms with Crippen LogP contribution in [0.25, 0.3) is 0 Å². The molecular formula is C48H78O10. The molecule has 58 heavy (non-hydrogen) atoms. The molecule has 1 fully saturated rings. The summed E-state index contributed by atoms with van der Waals surface area (Å²) in [4.78, 5) is 25.3. The fraction of sp³-hybridized carbons (Fsp3) is 0.667. The Balaban J connectivity index is 2.38. The second kappa shape index (κ2) is 38.1. The molecule has 0 aliphatic carbocycles. The number of hydrogen-bond acceptors (Lipinski definition) is 10. The fourth-order valence-electron chi connectivity index (χ4n) is 5.99. The monoisotopic (exact) mass is 815 g/mol. The van der Waals surface area contributed by atoms with Crippen LogP contribution in [0.15, 0.2) is 85.1 Å². The van der Waals surface area contributed by atoms with E-state index in [0.717, 1.165) is 96.3 Å². The summed E-state index contributed by atoms with van der Waals surface area (Å²) < 4.78 is 22.1. The number of esters is 2. The molecule has 10 nitrogen and oxygen atoms in total. The molecule has 10 heteroatoms. The van der Waals surface area contributed by atoms with Gasteiger partial charge in [0.15, 0.2) is 12.4 Å². The van der Waals surface area contributed by atoms with Crippen LogP contribution in [0.5, 0.6) is 0 Å². The van der Waals surface area contributed by atoms with Gasteiger partial charge in [-0.3, -0.25) is 9.59 Å². The number of carbonyl (C=O) groups is 2. The van der Waals surface area contributed by atoms with Gasteiger partial charge in [0.2, 0.25) is 0 Å². The number of allylic oxidation sites excluding steroid dienone is 14. The maximum absolute atomic E-state index is 12.8. The minimum atomic E-state index is -1.61. The lowest BCUT2D eigenvalue weighted by molar-refractivity contribution is -0.305. The van der Waals surface area contributed by atoms with Crippen LogP contribution in [0.1, 0.15) is 149 Å². The Bertz CT molecular complexity index is 1220. The number of aliphatic hydroxyl groups excluding tert-OH is 4. The van der Waals surface area contributed by atoms with Gasteiger partial charge in [-0.05, 0) is 83.5 Å². The number of aliphatic hydroxyl groups is 4. The normalized spacial score (nSPS) is 21.0. The van der Waals surface area contributed by atoms with Gasteiger partial charge in [0, 0.05) is 12.8 Å². The SMILES string of the molecule is CC/C=C/C/C=C/C/C=C/C/C=C/C/C=C/CCCCCC(=O)OC[C@@H](CO[C@H]1O[C@@H](CO)[C@@H](O)C(O)C1O)OC(=O)CCCCCCC/C=C/C/C=C/CCCC. The second-order valence-corrected chi connectivity index (χ2v) is 14.8. The molecule has 1 aliphatic rings. The van der Waals surface area contributed by atoms with Gasteiger partial charge < -0.3 is 39.4 Å². The fourth-order valence-corrected chi connectivity index (χ4v) is 5.99. The van der Waals surface area contributed by atoms with Crippen LogP contribution in [-0.2, 0) is 28.5 Å². The van der Waals surface area contributed by atoms with Crippen LogP contribution in [0.3, 0.4) is 0 Å². The molecule has 1 rings (SSSR count). The van der Waals surface area contributed by atoms with Crippen molar-refractivity contribution in [3.63, 3.8) is 0 Å². The van der Waals surface area contributed by atoms with Crippen LogP contribution >= 0.6 is 0 Å². The molecule has 0 bridgehead atoms. The largest absolute Gasteiger partial charge is 0.462 e. The summed E-state index contributed by atoms with van der Waals surface area (Å²) in [5, 5.41) is 40.1. The van der Waals surface area contributed by atoms with E-state index in [-0.39, 0.29) is 26.1 Å². The van der Waals surface area contributed by atoms with E-state index < -0.39 is 55.4 Å². The summed E-state index contributed by atoms with van der Waals surface area (Å²) in [7, 11) is 0. The summed E-state index contributed by atoms with van der Waals surface area (Å²) in [6.07, 6.45) is 41.5. The highest BCUT2D eigenvalue weighted by Gasteiger charge is 2.44. The van der Waals surface area contributed by atoms with Crippen molar-refractivity contribution in [2.24, 2.45) is 0 Å². The van der Waals surface area contributed by atoms with Crippen molar-refractivity contribution in [3.8, 4) is 0 Å². The molecule has 0 radical (unpaired) electrons. The summed E-state index contributed by atoms with van der Waals surface area (Å²) in [5.41, 5.74) is 0. The number of hydrogen-bond donors (Lipinski definition) is 4. The predicted molar refractivity (Wildman–Crippen MR) is 233 cm³/mol. The molecule has 330 valence electrons. The van der Waals surface area contributed by atoms with Crippen molar-refractivity contribution in [1.29, 1.82) is 0 Å². The standard InChI is InChI=1S/C48H78O10/c1-3-5-7-9-11-13-15-17-19-20-21-22-23-25-26-28-30-32-34-36-43(50)55-39-41(40-56-48-47(54)46(53)45(52)42(38-49)58-48)57-44(51)37-35-33-31-29-27-24-18-16-14-12-10-8-6-4-2/h5,7,10-13,16-19,21-22,25-26,41-42,45-49,52-54H,3-4,6,8-9,14-15,20,23-24,27-40H2,1-2H3/b7-5+,12-10+,13-11+,18-16+,19-17+,22-21+,26-25+/t41-,42-,45+,46?,47?,48-/m0/s1. The zero-order chi connectivity index (χ0) is 42.3. The molecular weight excluding hydrogens is 737 g/mol. The smallest absolute Gasteiger partial charge is 0.306 e. The Hall–Kier alpha value is -3.12. The molecule has 1 saturated heterocycles. The summed E-state index contributed by atoms with van der Waals surface area (Å²) in [6, 6.07) is 0. The van der Waals surface area contributed by atoms with Crippen LogP contribution in [0, 0.1) is 0 Å². The van der Waals surface area contributed by atoms with E-state index in [0.29, 0.717) is 12.8 Å². The molecule has 2 unspecified atom stereocenters. The zero-order valence-electron chi connectivity index (χ0n) is 35.8. The Morgan fingerprint density at radius 3 is 1.55 bits per heavy atom. The van der Waals surface area contributed by atoms with Crippen LogP contribution < -0.4 is 0 Å². The van der Waals surface area contributed by atoms with E-state index >= 15 is 0 Å². The van der Waals surface area contributed by atoms with E-state index in [1.807, 2.05) is 0 Å². The van der Waals surface area contributed by atoms with Gasteiger partial charge in [-0.15, -0.1) is 0 Å². The average molecular weight is 815 g/mol. The molecule has 1 heterocycles. The van der Waals surface area contributed by atoms with E-state index in [1.165, 1.54) is 12.8 Å². The Labute approximate surface area is 350 Å².